The van der Waals surface area contributed by atoms with Gasteiger partial charge in [0.25, 0.3) is 0 Å². The Bertz CT molecular complexity index is 724. The van der Waals surface area contributed by atoms with Gasteiger partial charge in [-0.1, -0.05) is 13.3 Å². The molecule has 1 aliphatic rings. The van der Waals surface area contributed by atoms with Gasteiger partial charge in [0.05, 0.1) is 30.2 Å². The summed E-state index contributed by atoms with van der Waals surface area (Å²) in [5.74, 6) is -0.00251. The van der Waals surface area contributed by atoms with Crippen LogP contribution >= 0.6 is 0 Å². The van der Waals surface area contributed by atoms with E-state index < -0.39 is 6.10 Å². The van der Waals surface area contributed by atoms with Gasteiger partial charge in [-0.2, -0.15) is 10.2 Å². The summed E-state index contributed by atoms with van der Waals surface area (Å²) in [7, 11) is 1.79. The van der Waals surface area contributed by atoms with Crippen molar-refractivity contribution >= 4 is 5.91 Å². The molecule has 8 nitrogen and oxygen atoms in total. The van der Waals surface area contributed by atoms with Crippen LogP contribution in [0.4, 0.5) is 0 Å². The van der Waals surface area contributed by atoms with Gasteiger partial charge in [0.15, 0.2) is 0 Å². The summed E-state index contributed by atoms with van der Waals surface area (Å²) in [5, 5.41) is 19.1. The topological polar surface area (TPSA) is 85.4 Å². The van der Waals surface area contributed by atoms with E-state index in [-0.39, 0.29) is 12.5 Å². The van der Waals surface area contributed by atoms with Crippen molar-refractivity contribution in [2.45, 2.75) is 39.0 Å². The van der Waals surface area contributed by atoms with E-state index in [1.54, 1.807) is 28.9 Å². The Balaban J connectivity index is 1.63. The van der Waals surface area contributed by atoms with Crippen molar-refractivity contribution in [3.05, 3.63) is 35.4 Å². The van der Waals surface area contributed by atoms with Gasteiger partial charge in [-0.15, -0.1) is 0 Å². The second kappa shape index (κ2) is 7.79. The molecule has 0 bridgehead atoms. The van der Waals surface area contributed by atoms with Crippen LogP contribution in [0.1, 0.15) is 43.0 Å². The van der Waals surface area contributed by atoms with Crippen molar-refractivity contribution in [2.75, 3.05) is 19.8 Å². The van der Waals surface area contributed by atoms with Gasteiger partial charge < -0.3 is 14.7 Å². The highest BCUT2D eigenvalue weighted by Crippen LogP contribution is 2.23. The van der Waals surface area contributed by atoms with E-state index in [0.717, 1.165) is 18.5 Å². The van der Waals surface area contributed by atoms with E-state index >= 15 is 0 Å². The zero-order valence-corrected chi connectivity index (χ0v) is 14.8. The average molecular weight is 347 g/mol. The van der Waals surface area contributed by atoms with Gasteiger partial charge in [-0.3, -0.25) is 14.2 Å². The molecule has 2 aromatic rings. The van der Waals surface area contributed by atoms with Crippen LogP contribution in [0.25, 0.3) is 0 Å². The second-order valence-corrected chi connectivity index (χ2v) is 6.29. The van der Waals surface area contributed by atoms with E-state index in [4.69, 9.17) is 4.74 Å². The minimum absolute atomic E-state index is 0.00251. The maximum absolute atomic E-state index is 12.3. The Morgan fingerprint density at radius 3 is 3.00 bits per heavy atom. The first-order chi connectivity index (χ1) is 12.1. The van der Waals surface area contributed by atoms with Crippen LogP contribution in [0.2, 0.25) is 0 Å². The second-order valence-electron chi connectivity index (χ2n) is 6.29. The molecule has 0 radical (unpaired) electrons. The molecule has 1 unspecified atom stereocenters. The lowest BCUT2D eigenvalue weighted by Crippen LogP contribution is -2.40. The number of carbonyl (C=O) groups is 1. The molecule has 25 heavy (non-hydrogen) atoms. The van der Waals surface area contributed by atoms with Crippen molar-refractivity contribution in [1.82, 2.24) is 24.5 Å². The summed E-state index contributed by atoms with van der Waals surface area (Å²) >= 11 is 0. The third-order valence-corrected chi connectivity index (χ3v) is 4.46. The van der Waals surface area contributed by atoms with Crippen LogP contribution in [0.3, 0.4) is 0 Å². The number of aliphatic hydroxyl groups excluding tert-OH is 1. The van der Waals surface area contributed by atoms with Crippen LogP contribution < -0.4 is 0 Å². The van der Waals surface area contributed by atoms with Crippen molar-refractivity contribution in [1.29, 1.82) is 0 Å². The standard InChI is InChI=1S/C17H25N5O3/c1-3-4-9-25-12-16(23)21-7-8-22-13(11-21)10-14(19-22)17(24)15-5-6-18-20(15)2/h5-6,10,17,24H,3-4,7-9,11-12H2,1-2H3. The van der Waals surface area contributed by atoms with Crippen LogP contribution in [0.5, 0.6) is 0 Å². The predicted octanol–water partition coefficient (Wildman–Crippen LogP) is 0.857. The Hall–Kier alpha value is -2.19. The zero-order valence-electron chi connectivity index (χ0n) is 14.8. The highest BCUT2D eigenvalue weighted by atomic mass is 16.5. The average Bonchev–Trinajstić information content (AvgIpc) is 3.23. The first-order valence-electron chi connectivity index (χ1n) is 8.68. The minimum Gasteiger partial charge on any atom is -0.380 e. The molecular weight excluding hydrogens is 322 g/mol. The number of aromatic nitrogens is 4. The summed E-state index contributed by atoms with van der Waals surface area (Å²) in [6.07, 6.45) is 2.84. The van der Waals surface area contributed by atoms with Gasteiger partial charge >= 0.3 is 0 Å². The van der Waals surface area contributed by atoms with Gasteiger partial charge in [0.1, 0.15) is 12.7 Å². The molecule has 1 aliphatic heterocycles. The number of hydrogen-bond acceptors (Lipinski definition) is 5. The maximum Gasteiger partial charge on any atom is 0.248 e. The number of ether oxygens (including phenoxy) is 1. The molecule has 0 aromatic carbocycles. The lowest BCUT2D eigenvalue weighted by molar-refractivity contribution is -0.137. The summed E-state index contributed by atoms with van der Waals surface area (Å²) in [4.78, 5) is 14.0. The van der Waals surface area contributed by atoms with Gasteiger partial charge in [-0.05, 0) is 18.6 Å². The summed E-state index contributed by atoms with van der Waals surface area (Å²) in [5.41, 5.74) is 2.18. The molecule has 0 aliphatic carbocycles. The number of carbonyl (C=O) groups excluding carboxylic acids is 1. The summed E-state index contributed by atoms with van der Waals surface area (Å²) < 4.78 is 8.91. The van der Waals surface area contributed by atoms with Crippen molar-refractivity contribution < 1.29 is 14.6 Å². The van der Waals surface area contributed by atoms with E-state index in [9.17, 15) is 9.90 Å². The fraction of sp³-hybridized carbons (Fsp3) is 0.588. The monoisotopic (exact) mass is 347 g/mol. The normalized spacial score (nSPS) is 15.2. The van der Waals surface area contributed by atoms with Crippen LogP contribution in [0, 0.1) is 0 Å². The van der Waals surface area contributed by atoms with Crippen LogP contribution in [0.15, 0.2) is 18.3 Å². The summed E-state index contributed by atoms with van der Waals surface area (Å²) in [6, 6.07) is 3.63. The number of amides is 1. The third kappa shape index (κ3) is 3.91. The molecule has 8 heteroatoms. The van der Waals surface area contributed by atoms with Gasteiger partial charge in [0, 0.05) is 26.4 Å². The smallest absolute Gasteiger partial charge is 0.248 e. The molecule has 0 spiro atoms. The predicted molar refractivity (Wildman–Crippen MR) is 90.6 cm³/mol. The molecule has 0 saturated carbocycles. The molecule has 2 aromatic heterocycles. The lowest BCUT2D eigenvalue weighted by Gasteiger charge is -2.27. The van der Waals surface area contributed by atoms with E-state index in [0.29, 0.717) is 37.6 Å². The Kier molecular flexibility index (Phi) is 5.50. The number of hydrogen-bond donors (Lipinski definition) is 1. The molecule has 3 heterocycles. The minimum atomic E-state index is -0.827. The molecule has 0 saturated heterocycles. The maximum atomic E-state index is 12.3. The first-order valence-corrected chi connectivity index (χ1v) is 8.68. The number of unbranched alkanes of at least 4 members (excludes halogenated alkanes) is 1. The number of nitrogens with zero attached hydrogens (tertiary/aromatic N) is 5. The highest BCUT2D eigenvalue weighted by molar-refractivity contribution is 5.77. The van der Waals surface area contributed by atoms with E-state index in [1.807, 2.05) is 10.7 Å². The molecule has 0 fully saturated rings. The van der Waals surface area contributed by atoms with Crippen LogP contribution in [-0.4, -0.2) is 55.2 Å². The quantitative estimate of drug-likeness (QED) is 0.751. The Morgan fingerprint density at radius 1 is 1.44 bits per heavy atom. The van der Waals surface area contributed by atoms with Crippen LogP contribution in [-0.2, 0) is 29.7 Å². The molecule has 3 rings (SSSR count). The first kappa shape index (κ1) is 17.6. The fourth-order valence-corrected chi connectivity index (χ4v) is 2.94. The van der Waals surface area contributed by atoms with Gasteiger partial charge in [0.2, 0.25) is 5.91 Å². The zero-order chi connectivity index (χ0) is 17.8. The van der Waals surface area contributed by atoms with Crippen molar-refractivity contribution in [3.8, 4) is 0 Å². The largest absolute Gasteiger partial charge is 0.380 e. The number of aryl methyl sites for hydroxylation is 1. The third-order valence-electron chi connectivity index (χ3n) is 4.46. The molecular formula is C17H25N5O3. The lowest BCUT2D eigenvalue weighted by atomic mass is 10.1. The highest BCUT2D eigenvalue weighted by Gasteiger charge is 2.25. The number of fused-ring (bicyclic) bond motifs is 1. The number of aliphatic hydroxyl groups is 1. The number of rotatable bonds is 7. The van der Waals surface area contributed by atoms with E-state index in [1.165, 1.54) is 0 Å². The Morgan fingerprint density at radius 2 is 2.28 bits per heavy atom. The van der Waals surface area contributed by atoms with Gasteiger partial charge in [-0.25, -0.2) is 0 Å². The SMILES string of the molecule is CCCCOCC(=O)N1CCn2nc(C(O)c3ccnn3C)cc2C1. The fourth-order valence-electron chi connectivity index (χ4n) is 2.94. The molecule has 136 valence electrons. The van der Waals surface area contributed by atoms with Crippen molar-refractivity contribution in [2.24, 2.45) is 7.05 Å². The molecule has 1 atom stereocenters. The summed E-state index contributed by atoms with van der Waals surface area (Å²) in [6.45, 7) is 4.54. The van der Waals surface area contributed by atoms with Crippen molar-refractivity contribution in [3.63, 3.8) is 0 Å². The van der Waals surface area contributed by atoms with E-state index in [2.05, 4.69) is 17.1 Å². The Labute approximate surface area is 147 Å². The molecule has 1 amide bonds. The molecule has 1 N–H and O–H groups in total.